The van der Waals surface area contributed by atoms with Gasteiger partial charge < -0.3 is 10.2 Å². The van der Waals surface area contributed by atoms with Crippen LogP contribution in [0.15, 0.2) is 76.0 Å². The lowest BCUT2D eigenvalue weighted by Gasteiger charge is -2.31. The van der Waals surface area contributed by atoms with E-state index < -0.39 is 6.04 Å². The minimum atomic E-state index is -0.468. The van der Waals surface area contributed by atoms with Gasteiger partial charge in [0.2, 0.25) is 0 Å². The fourth-order valence-electron chi connectivity index (χ4n) is 4.47. The first-order valence-corrected chi connectivity index (χ1v) is 13.4. The fraction of sp³-hybridized carbons (Fsp3) is 0.300. The molecule has 0 bridgehead atoms. The van der Waals surface area contributed by atoms with Crippen LogP contribution in [0.4, 0.5) is 10.5 Å². The van der Waals surface area contributed by atoms with E-state index in [9.17, 15) is 9.59 Å². The summed E-state index contributed by atoms with van der Waals surface area (Å²) in [6.45, 7) is 10.7. The minimum absolute atomic E-state index is 0.159. The molecule has 0 aliphatic rings. The molecule has 1 N–H and O–H groups in total. The highest BCUT2D eigenvalue weighted by atomic mass is 79.9. The number of halogens is 1. The molecule has 192 valence electrons. The van der Waals surface area contributed by atoms with E-state index in [1.165, 1.54) is 0 Å². The van der Waals surface area contributed by atoms with Crippen molar-refractivity contribution in [2.45, 2.75) is 47.1 Å². The van der Waals surface area contributed by atoms with E-state index in [1.807, 2.05) is 81.4 Å². The molecule has 7 heteroatoms. The van der Waals surface area contributed by atoms with Crippen molar-refractivity contribution in [1.29, 1.82) is 0 Å². The Kier molecular flexibility index (Phi) is 8.13. The Morgan fingerprint density at radius 1 is 0.973 bits per heavy atom. The highest BCUT2D eigenvalue weighted by Gasteiger charge is 2.27. The van der Waals surface area contributed by atoms with E-state index in [-0.39, 0.29) is 11.6 Å². The summed E-state index contributed by atoms with van der Waals surface area (Å²) in [5, 5.41) is 3.67. The summed E-state index contributed by atoms with van der Waals surface area (Å²) in [6.07, 6.45) is 0.820. The van der Waals surface area contributed by atoms with Gasteiger partial charge in [0.05, 0.1) is 22.6 Å². The summed E-state index contributed by atoms with van der Waals surface area (Å²) in [6, 6.07) is 20.2. The Hall–Kier alpha value is -3.45. The molecule has 0 saturated heterocycles. The van der Waals surface area contributed by atoms with Crippen LogP contribution in [0.25, 0.3) is 16.6 Å². The predicted octanol–water partition coefficient (Wildman–Crippen LogP) is 7.41. The second-order valence-electron chi connectivity index (χ2n) is 9.85. The number of urea groups is 1. The molecular weight excluding hydrogens is 528 g/mol. The summed E-state index contributed by atoms with van der Waals surface area (Å²) >= 11 is 3.48. The Morgan fingerprint density at radius 3 is 2.27 bits per heavy atom. The molecule has 1 aromatic heterocycles. The lowest BCUT2D eigenvalue weighted by Crippen LogP contribution is -2.41. The maximum Gasteiger partial charge on any atom is 0.322 e. The molecule has 1 heterocycles. The average molecular weight is 562 g/mol. The van der Waals surface area contributed by atoms with Crippen molar-refractivity contribution >= 4 is 38.6 Å². The number of amides is 2. The molecule has 0 aliphatic heterocycles. The zero-order valence-corrected chi connectivity index (χ0v) is 23.5. The summed E-state index contributed by atoms with van der Waals surface area (Å²) < 4.78 is 2.55. The third kappa shape index (κ3) is 5.77. The van der Waals surface area contributed by atoms with Crippen LogP contribution in [0, 0.1) is 19.8 Å². The van der Waals surface area contributed by atoms with Crippen LogP contribution in [-0.2, 0) is 0 Å². The first-order valence-electron chi connectivity index (χ1n) is 12.6. The Bertz CT molecular complexity index is 1460. The van der Waals surface area contributed by atoms with Crippen LogP contribution in [0.3, 0.4) is 0 Å². The number of carbonyl (C=O) groups excluding carboxylic acids is 1. The van der Waals surface area contributed by atoms with Crippen molar-refractivity contribution in [2.75, 3.05) is 11.9 Å². The number of aryl methyl sites for hydroxylation is 2. The number of rotatable bonds is 7. The lowest BCUT2D eigenvalue weighted by molar-refractivity contribution is 0.185. The molecule has 0 spiro atoms. The van der Waals surface area contributed by atoms with Crippen LogP contribution in [-0.4, -0.2) is 27.0 Å². The van der Waals surface area contributed by atoms with Gasteiger partial charge in [0.25, 0.3) is 5.56 Å². The quantitative estimate of drug-likeness (QED) is 0.256. The first kappa shape index (κ1) is 26.6. The number of carbonyl (C=O) groups is 1. The molecule has 1 atom stereocenters. The van der Waals surface area contributed by atoms with E-state index in [0.717, 1.165) is 27.7 Å². The molecule has 1 unspecified atom stereocenters. The number of nitrogens with one attached hydrogen (secondary N) is 1. The molecule has 37 heavy (non-hydrogen) atoms. The van der Waals surface area contributed by atoms with Crippen LogP contribution >= 0.6 is 15.9 Å². The highest BCUT2D eigenvalue weighted by molar-refractivity contribution is 9.10. The van der Waals surface area contributed by atoms with Gasteiger partial charge in [-0.2, -0.15) is 0 Å². The van der Waals surface area contributed by atoms with Crippen molar-refractivity contribution in [2.24, 2.45) is 5.92 Å². The van der Waals surface area contributed by atoms with E-state index in [0.29, 0.717) is 34.9 Å². The summed E-state index contributed by atoms with van der Waals surface area (Å²) in [5.74, 6) is 0.923. The molecule has 2 amide bonds. The Labute approximate surface area is 226 Å². The van der Waals surface area contributed by atoms with E-state index in [2.05, 4.69) is 35.1 Å². The molecule has 3 aromatic carbocycles. The number of anilines is 1. The van der Waals surface area contributed by atoms with E-state index >= 15 is 0 Å². The number of hydrogen-bond acceptors (Lipinski definition) is 3. The van der Waals surface area contributed by atoms with Gasteiger partial charge in [-0.1, -0.05) is 60.1 Å². The summed E-state index contributed by atoms with van der Waals surface area (Å²) in [7, 11) is 0. The van der Waals surface area contributed by atoms with Gasteiger partial charge in [0, 0.05) is 16.7 Å². The topological polar surface area (TPSA) is 67.2 Å². The molecule has 0 aliphatic carbocycles. The van der Waals surface area contributed by atoms with Crippen LogP contribution in [0.2, 0.25) is 0 Å². The minimum Gasteiger partial charge on any atom is -0.315 e. The van der Waals surface area contributed by atoms with Crippen LogP contribution in [0.5, 0.6) is 0 Å². The van der Waals surface area contributed by atoms with Crippen LogP contribution < -0.4 is 10.9 Å². The maximum atomic E-state index is 13.8. The van der Waals surface area contributed by atoms with Gasteiger partial charge in [-0.3, -0.25) is 9.36 Å². The first-order chi connectivity index (χ1) is 17.7. The molecule has 4 rings (SSSR count). The van der Waals surface area contributed by atoms with Crippen LogP contribution in [0.1, 0.15) is 50.2 Å². The SMILES string of the molecule is Cc1cccc(C)c1NC(=O)N(CCC(C)C)C(C)c1nc2ccccc2c(=O)n1-c1ccc(Br)cc1. The number of hydrogen-bond donors (Lipinski definition) is 1. The van der Waals surface area contributed by atoms with Crippen molar-refractivity contribution in [1.82, 2.24) is 14.5 Å². The smallest absolute Gasteiger partial charge is 0.315 e. The standard InChI is InChI=1S/C30H33BrN4O2/c1-19(2)17-18-34(30(37)33-27-20(3)9-8-10-21(27)4)22(5)28-32-26-12-7-6-11-25(26)29(36)35(28)24-15-13-23(31)14-16-24/h6-16,19,22H,17-18H2,1-5H3,(H,33,37). The normalized spacial score (nSPS) is 12.1. The third-order valence-corrected chi connectivity index (χ3v) is 7.18. The fourth-order valence-corrected chi connectivity index (χ4v) is 4.73. The molecule has 0 saturated carbocycles. The monoisotopic (exact) mass is 560 g/mol. The number of nitrogens with zero attached hydrogens (tertiary/aromatic N) is 3. The molecule has 0 fully saturated rings. The molecule has 4 aromatic rings. The second-order valence-corrected chi connectivity index (χ2v) is 10.8. The number of benzene rings is 3. The predicted molar refractivity (Wildman–Crippen MR) is 155 cm³/mol. The number of aromatic nitrogens is 2. The van der Waals surface area contributed by atoms with Gasteiger partial charge in [-0.25, -0.2) is 9.78 Å². The van der Waals surface area contributed by atoms with Crippen molar-refractivity contribution in [3.63, 3.8) is 0 Å². The highest BCUT2D eigenvalue weighted by Crippen LogP contribution is 2.27. The summed E-state index contributed by atoms with van der Waals surface area (Å²) in [4.78, 5) is 34.3. The summed E-state index contributed by atoms with van der Waals surface area (Å²) in [5.41, 5.74) is 3.97. The van der Waals surface area contributed by atoms with Gasteiger partial charge in [-0.05, 0) is 80.6 Å². The Balaban J connectivity index is 1.84. The number of para-hydroxylation sites is 2. The van der Waals surface area contributed by atoms with Crippen molar-refractivity contribution in [3.05, 3.63) is 98.5 Å². The molecule has 6 nitrogen and oxygen atoms in total. The van der Waals surface area contributed by atoms with Gasteiger partial charge >= 0.3 is 6.03 Å². The zero-order valence-electron chi connectivity index (χ0n) is 22.0. The molecular formula is C30H33BrN4O2. The largest absolute Gasteiger partial charge is 0.322 e. The number of fused-ring (bicyclic) bond motifs is 1. The van der Waals surface area contributed by atoms with E-state index in [4.69, 9.17) is 4.98 Å². The second kappa shape index (κ2) is 11.3. The van der Waals surface area contributed by atoms with Crippen molar-refractivity contribution in [3.8, 4) is 5.69 Å². The maximum absolute atomic E-state index is 13.8. The van der Waals surface area contributed by atoms with Gasteiger partial charge in [-0.15, -0.1) is 0 Å². The van der Waals surface area contributed by atoms with Gasteiger partial charge in [0.15, 0.2) is 0 Å². The Morgan fingerprint density at radius 2 is 1.62 bits per heavy atom. The van der Waals surface area contributed by atoms with E-state index in [1.54, 1.807) is 15.5 Å². The van der Waals surface area contributed by atoms with Gasteiger partial charge in [0.1, 0.15) is 5.82 Å². The lowest BCUT2D eigenvalue weighted by atomic mass is 10.1. The third-order valence-electron chi connectivity index (χ3n) is 6.65. The zero-order chi connectivity index (χ0) is 26.7. The average Bonchev–Trinajstić information content (AvgIpc) is 2.87. The molecule has 0 radical (unpaired) electrons. The van der Waals surface area contributed by atoms with Crippen molar-refractivity contribution < 1.29 is 4.79 Å².